The summed E-state index contributed by atoms with van der Waals surface area (Å²) in [6, 6.07) is 2.28. The minimum absolute atomic E-state index is 0.216. The number of nitrogens with zero attached hydrogens (tertiary/aromatic N) is 2. The number of aliphatic hydroxyl groups is 1. The van der Waals surface area contributed by atoms with Crippen LogP contribution >= 0.6 is 0 Å². The molecule has 0 aliphatic rings. The molecule has 0 spiro atoms. The predicted molar refractivity (Wildman–Crippen MR) is 68.5 cm³/mol. The molecule has 0 saturated carbocycles. The van der Waals surface area contributed by atoms with Gasteiger partial charge in [0.2, 0.25) is 5.90 Å². The summed E-state index contributed by atoms with van der Waals surface area (Å²) in [6.07, 6.45) is -4.89. The summed E-state index contributed by atoms with van der Waals surface area (Å²) in [4.78, 5) is 13.2. The zero-order chi connectivity index (χ0) is 16.4. The number of hydrogen-bond donors (Lipinski definition) is 1. The van der Waals surface area contributed by atoms with Crippen molar-refractivity contribution in [2.45, 2.75) is 25.6 Å². The Balaban J connectivity index is 3.42. The maximum absolute atomic E-state index is 12.8. The van der Waals surface area contributed by atoms with Crippen LogP contribution < -0.4 is 0 Å². The first-order valence-electron chi connectivity index (χ1n) is 5.68. The Hall–Kier alpha value is -2.16. The first-order chi connectivity index (χ1) is 9.46. The summed E-state index contributed by atoms with van der Waals surface area (Å²) in [6.45, 7) is 2.68. The normalized spacial score (nSPS) is 13.2. The van der Waals surface area contributed by atoms with E-state index >= 15 is 0 Å². The van der Waals surface area contributed by atoms with Crippen molar-refractivity contribution in [2.75, 3.05) is 7.11 Å². The Morgan fingerprint density at radius 2 is 1.95 bits per heavy atom. The first-order valence-corrected chi connectivity index (χ1v) is 5.68. The summed E-state index contributed by atoms with van der Waals surface area (Å²) < 4.78 is 43.2. The van der Waals surface area contributed by atoms with E-state index in [1.54, 1.807) is 0 Å². The summed E-state index contributed by atoms with van der Waals surface area (Å²) in [5.41, 5.74) is -4.20. The monoisotopic (exact) mass is 306 g/mol. The SMILES string of the molecule is CO/C(=N\c1ccc([N+](=O)[O-])c(C(F)(F)F)c1)C(C)(C)O. The number of halogens is 3. The van der Waals surface area contributed by atoms with Gasteiger partial charge in [0.15, 0.2) is 0 Å². The van der Waals surface area contributed by atoms with Gasteiger partial charge in [0.05, 0.1) is 17.7 Å². The smallest absolute Gasteiger partial charge is 0.423 e. The molecule has 0 amide bonds. The summed E-state index contributed by atoms with van der Waals surface area (Å²) in [5.74, 6) is -0.218. The van der Waals surface area contributed by atoms with E-state index in [2.05, 4.69) is 4.99 Å². The Labute approximate surface area is 118 Å². The van der Waals surface area contributed by atoms with Crippen LogP contribution in [0.1, 0.15) is 19.4 Å². The summed E-state index contributed by atoms with van der Waals surface area (Å²) in [5, 5.41) is 20.3. The van der Waals surface area contributed by atoms with Crippen LogP contribution in [0.4, 0.5) is 24.5 Å². The molecule has 0 aliphatic carbocycles. The van der Waals surface area contributed by atoms with Gasteiger partial charge < -0.3 is 9.84 Å². The maximum Gasteiger partial charge on any atom is 0.423 e. The average Bonchev–Trinajstić information content (AvgIpc) is 2.32. The van der Waals surface area contributed by atoms with Gasteiger partial charge in [-0.25, -0.2) is 4.99 Å². The van der Waals surface area contributed by atoms with Crippen LogP contribution in [-0.4, -0.2) is 28.6 Å². The second-order valence-electron chi connectivity index (χ2n) is 4.64. The minimum Gasteiger partial charge on any atom is -0.482 e. The van der Waals surface area contributed by atoms with Crippen molar-refractivity contribution < 1.29 is 27.9 Å². The molecule has 6 nitrogen and oxygen atoms in total. The van der Waals surface area contributed by atoms with Crippen LogP contribution in [0.2, 0.25) is 0 Å². The fourth-order valence-corrected chi connectivity index (χ4v) is 1.53. The molecular weight excluding hydrogens is 293 g/mol. The number of benzene rings is 1. The molecule has 0 saturated heterocycles. The highest BCUT2D eigenvalue weighted by atomic mass is 19.4. The number of ether oxygens (including phenoxy) is 1. The molecule has 0 aromatic heterocycles. The Kier molecular flexibility index (Phi) is 4.57. The van der Waals surface area contributed by atoms with Gasteiger partial charge in [0.25, 0.3) is 5.69 Å². The van der Waals surface area contributed by atoms with E-state index in [1.165, 1.54) is 21.0 Å². The molecule has 116 valence electrons. The third-order valence-electron chi connectivity index (χ3n) is 2.43. The van der Waals surface area contributed by atoms with Gasteiger partial charge in [-0.15, -0.1) is 0 Å². The molecule has 0 heterocycles. The van der Waals surface area contributed by atoms with Crippen molar-refractivity contribution in [3.63, 3.8) is 0 Å². The Bertz CT molecular complexity index is 577. The summed E-state index contributed by atoms with van der Waals surface area (Å²) in [7, 11) is 1.20. The largest absolute Gasteiger partial charge is 0.482 e. The number of aliphatic imine (C=N–C) groups is 1. The van der Waals surface area contributed by atoms with E-state index in [4.69, 9.17) is 4.74 Å². The van der Waals surface area contributed by atoms with Crippen LogP contribution in [0.5, 0.6) is 0 Å². The van der Waals surface area contributed by atoms with Gasteiger partial charge in [0.1, 0.15) is 11.2 Å². The molecule has 1 aromatic rings. The van der Waals surface area contributed by atoms with Crippen molar-refractivity contribution in [3.05, 3.63) is 33.9 Å². The Morgan fingerprint density at radius 1 is 1.38 bits per heavy atom. The second kappa shape index (κ2) is 5.68. The van der Waals surface area contributed by atoms with Crippen molar-refractivity contribution in [2.24, 2.45) is 4.99 Å². The van der Waals surface area contributed by atoms with Gasteiger partial charge >= 0.3 is 6.18 Å². The molecule has 0 unspecified atom stereocenters. The first kappa shape index (κ1) is 16.9. The minimum atomic E-state index is -4.89. The van der Waals surface area contributed by atoms with E-state index in [0.717, 1.165) is 6.07 Å². The number of nitro groups is 1. The van der Waals surface area contributed by atoms with E-state index in [-0.39, 0.29) is 11.6 Å². The molecule has 1 aromatic carbocycles. The predicted octanol–water partition coefficient (Wildman–Crippen LogP) is 3.06. The van der Waals surface area contributed by atoms with Crippen LogP contribution in [0.3, 0.4) is 0 Å². The zero-order valence-electron chi connectivity index (χ0n) is 11.4. The van der Waals surface area contributed by atoms with Crippen molar-refractivity contribution in [1.29, 1.82) is 0 Å². The Morgan fingerprint density at radius 3 is 2.33 bits per heavy atom. The highest BCUT2D eigenvalue weighted by Crippen LogP contribution is 2.38. The number of rotatable bonds is 3. The van der Waals surface area contributed by atoms with Crippen molar-refractivity contribution >= 4 is 17.3 Å². The van der Waals surface area contributed by atoms with E-state index in [9.17, 15) is 28.4 Å². The fourth-order valence-electron chi connectivity index (χ4n) is 1.53. The van der Waals surface area contributed by atoms with Crippen molar-refractivity contribution in [3.8, 4) is 0 Å². The highest BCUT2D eigenvalue weighted by molar-refractivity contribution is 5.86. The van der Waals surface area contributed by atoms with Gasteiger partial charge in [0, 0.05) is 6.07 Å². The summed E-state index contributed by atoms with van der Waals surface area (Å²) >= 11 is 0. The highest BCUT2D eigenvalue weighted by Gasteiger charge is 2.38. The molecule has 0 bridgehead atoms. The maximum atomic E-state index is 12.8. The van der Waals surface area contributed by atoms with Gasteiger partial charge in [-0.05, 0) is 26.0 Å². The molecule has 1 N–H and O–H groups in total. The molecular formula is C12H13F3N2O4. The molecule has 1 rings (SSSR count). The molecule has 0 aliphatic heterocycles. The van der Waals surface area contributed by atoms with Crippen LogP contribution in [0.25, 0.3) is 0 Å². The third-order valence-corrected chi connectivity index (χ3v) is 2.43. The van der Waals surface area contributed by atoms with Crippen LogP contribution in [-0.2, 0) is 10.9 Å². The number of nitro benzene ring substituents is 1. The topological polar surface area (TPSA) is 85.0 Å². The van der Waals surface area contributed by atoms with E-state index in [1.807, 2.05) is 0 Å². The number of alkyl halides is 3. The van der Waals surface area contributed by atoms with E-state index in [0.29, 0.717) is 12.1 Å². The van der Waals surface area contributed by atoms with Gasteiger partial charge in [-0.2, -0.15) is 13.2 Å². The van der Waals surface area contributed by atoms with Gasteiger partial charge in [-0.1, -0.05) is 0 Å². The fraction of sp³-hybridized carbons (Fsp3) is 0.417. The van der Waals surface area contributed by atoms with Gasteiger partial charge in [-0.3, -0.25) is 10.1 Å². The lowest BCUT2D eigenvalue weighted by Gasteiger charge is -2.18. The molecule has 0 atom stereocenters. The zero-order valence-corrected chi connectivity index (χ0v) is 11.4. The molecule has 0 fully saturated rings. The lowest BCUT2D eigenvalue weighted by molar-refractivity contribution is -0.388. The van der Waals surface area contributed by atoms with Crippen LogP contribution in [0, 0.1) is 10.1 Å². The van der Waals surface area contributed by atoms with E-state index < -0.39 is 28.0 Å². The standard InChI is InChI=1S/C12H13F3N2O4/c1-11(2,18)10(21-3)16-7-4-5-9(17(19)20)8(6-7)12(13,14)15/h4-6,18H,1-3H3/b16-10-. The average molecular weight is 306 g/mol. The number of hydrogen-bond acceptors (Lipinski definition) is 5. The number of methoxy groups -OCH3 is 1. The van der Waals surface area contributed by atoms with Crippen molar-refractivity contribution in [1.82, 2.24) is 0 Å². The lowest BCUT2D eigenvalue weighted by Crippen LogP contribution is -2.32. The lowest BCUT2D eigenvalue weighted by atomic mass is 10.1. The quantitative estimate of drug-likeness (QED) is 0.402. The molecule has 0 radical (unpaired) electrons. The molecule has 9 heteroatoms. The third kappa shape index (κ3) is 4.15. The van der Waals surface area contributed by atoms with Crippen LogP contribution in [0.15, 0.2) is 23.2 Å². The molecule has 21 heavy (non-hydrogen) atoms. The second-order valence-corrected chi connectivity index (χ2v) is 4.64.